The molecule has 0 aromatic carbocycles. The minimum Gasteiger partial charge on any atom is -0.383 e. The van der Waals surface area contributed by atoms with Crippen LogP contribution in [0.3, 0.4) is 0 Å². The normalized spacial score (nSPS) is 38.1. The van der Waals surface area contributed by atoms with Gasteiger partial charge in [-0.05, 0) is 31.1 Å². The largest absolute Gasteiger partial charge is 0.383 e. The highest BCUT2D eigenvalue weighted by atomic mass is 16.5. The summed E-state index contributed by atoms with van der Waals surface area (Å²) in [5.74, 6) is 2.05. The van der Waals surface area contributed by atoms with E-state index in [1.165, 1.54) is 32.1 Å². The second-order valence-corrected chi connectivity index (χ2v) is 4.49. The number of rotatable bonds is 4. The summed E-state index contributed by atoms with van der Waals surface area (Å²) in [5.41, 5.74) is 0. The molecule has 0 aromatic heterocycles. The van der Waals surface area contributed by atoms with Crippen LogP contribution in [0.2, 0.25) is 0 Å². The van der Waals surface area contributed by atoms with Crippen LogP contribution in [-0.4, -0.2) is 26.3 Å². The van der Waals surface area contributed by atoms with E-state index in [0.29, 0.717) is 0 Å². The molecule has 3 atom stereocenters. The molecular formula is C11H21NO. The average Bonchev–Trinajstić information content (AvgIpc) is 2.68. The molecule has 2 rings (SSSR count). The van der Waals surface area contributed by atoms with Gasteiger partial charge in [0.25, 0.3) is 0 Å². The van der Waals surface area contributed by atoms with Crippen molar-refractivity contribution in [3.63, 3.8) is 0 Å². The van der Waals surface area contributed by atoms with Gasteiger partial charge in [0.1, 0.15) is 0 Å². The number of hydrogen-bond donors (Lipinski definition) is 1. The molecule has 2 saturated carbocycles. The Morgan fingerprint density at radius 3 is 3.00 bits per heavy atom. The summed E-state index contributed by atoms with van der Waals surface area (Å²) in [6.45, 7) is 1.89. The van der Waals surface area contributed by atoms with Gasteiger partial charge in [-0.25, -0.2) is 0 Å². The molecule has 1 N–H and O–H groups in total. The molecule has 0 radical (unpaired) electrons. The lowest BCUT2D eigenvalue weighted by atomic mass is 9.98. The minimum atomic E-state index is 0.808. The van der Waals surface area contributed by atoms with Gasteiger partial charge in [0.05, 0.1) is 6.61 Å². The number of nitrogens with one attached hydrogen (secondary N) is 1. The monoisotopic (exact) mass is 183 g/mol. The van der Waals surface area contributed by atoms with Crippen molar-refractivity contribution in [3.8, 4) is 0 Å². The molecule has 2 nitrogen and oxygen atoms in total. The highest BCUT2D eigenvalue weighted by Gasteiger charge is 2.38. The maximum absolute atomic E-state index is 5.05. The molecule has 2 heteroatoms. The second-order valence-electron chi connectivity index (χ2n) is 4.49. The summed E-state index contributed by atoms with van der Waals surface area (Å²) in [7, 11) is 1.77. The maximum atomic E-state index is 5.05. The number of ether oxygens (including phenoxy) is 1. The zero-order valence-electron chi connectivity index (χ0n) is 8.59. The number of methoxy groups -OCH3 is 1. The lowest BCUT2D eigenvalue weighted by Gasteiger charge is -2.19. The Labute approximate surface area is 81.0 Å². The fourth-order valence-corrected chi connectivity index (χ4v) is 3.16. The Balaban J connectivity index is 1.74. The van der Waals surface area contributed by atoms with Gasteiger partial charge in [0.15, 0.2) is 0 Å². The van der Waals surface area contributed by atoms with Gasteiger partial charge in [-0.3, -0.25) is 0 Å². The Kier molecular flexibility index (Phi) is 3.23. The van der Waals surface area contributed by atoms with E-state index >= 15 is 0 Å². The molecule has 0 aliphatic heterocycles. The van der Waals surface area contributed by atoms with Crippen molar-refractivity contribution in [3.05, 3.63) is 0 Å². The Morgan fingerprint density at radius 1 is 1.23 bits per heavy atom. The van der Waals surface area contributed by atoms with E-state index in [2.05, 4.69) is 5.32 Å². The van der Waals surface area contributed by atoms with Gasteiger partial charge in [0.2, 0.25) is 0 Å². The van der Waals surface area contributed by atoms with Crippen molar-refractivity contribution < 1.29 is 4.74 Å². The van der Waals surface area contributed by atoms with Crippen LogP contribution in [0, 0.1) is 11.8 Å². The van der Waals surface area contributed by atoms with E-state index in [1.54, 1.807) is 7.11 Å². The highest BCUT2D eigenvalue weighted by molar-refractivity contribution is 4.92. The van der Waals surface area contributed by atoms with E-state index in [-0.39, 0.29) is 0 Å². The highest BCUT2D eigenvalue weighted by Crippen LogP contribution is 2.43. The summed E-state index contributed by atoms with van der Waals surface area (Å²) in [6, 6.07) is 0.808. The smallest absolute Gasteiger partial charge is 0.0587 e. The van der Waals surface area contributed by atoms with Crippen molar-refractivity contribution in [2.24, 2.45) is 11.8 Å². The third kappa shape index (κ3) is 2.05. The summed E-state index contributed by atoms with van der Waals surface area (Å²) in [6.07, 6.45) is 7.30. The average molecular weight is 183 g/mol. The van der Waals surface area contributed by atoms with Crippen LogP contribution < -0.4 is 5.32 Å². The van der Waals surface area contributed by atoms with Gasteiger partial charge in [-0.15, -0.1) is 0 Å². The molecule has 3 unspecified atom stereocenters. The third-order valence-corrected chi connectivity index (χ3v) is 3.80. The first-order valence-corrected chi connectivity index (χ1v) is 5.64. The standard InChI is InChI=1S/C11H21NO/c1-13-8-7-12-11-6-5-9-3-2-4-10(9)11/h9-12H,2-8H2,1H3. The van der Waals surface area contributed by atoms with Crippen LogP contribution >= 0.6 is 0 Å². The van der Waals surface area contributed by atoms with Gasteiger partial charge >= 0.3 is 0 Å². The summed E-state index contributed by atoms with van der Waals surface area (Å²) >= 11 is 0. The topological polar surface area (TPSA) is 21.3 Å². The maximum Gasteiger partial charge on any atom is 0.0587 e. The van der Waals surface area contributed by atoms with Crippen LogP contribution in [0.4, 0.5) is 0 Å². The molecule has 0 amide bonds. The molecule has 0 heterocycles. The molecular weight excluding hydrogens is 162 g/mol. The Morgan fingerprint density at radius 2 is 2.15 bits per heavy atom. The van der Waals surface area contributed by atoms with Crippen molar-refractivity contribution >= 4 is 0 Å². The van der Waals surface area contributed by atoms with Crippen LogP contribution in [-0.2, 0) is 4.74 Å². The van der Waals surface area contributed by atoms with E-state index in [0.717, 1.165) is 31.0 Å². The molecule has 0 saturated heterocycles. The van der Waals surface area contributed by atoms with E-state index in [1.807, 2.05) is 0 Å². The van der Waals surface area contributed by atoms with E-state index in [4.69, 9.17) is 4.74 Å². The van der Waals surface area contributed by atoms with E-state index in [9.17, 15) is 0 Å². The molecule has 0 aromatic rings. The van der Waals surface area contributed by atoms with Crippen LogP contribution in [0.5, 0.6) is 0 Å². The first-order valence-electron chi connectivity index (χ1n) is 5.64. The second kappa shape index (κ2) is 4.43. The first-order chi connectivity index (χ1) is 6.42. The van der Waals surface area contributed by atoms with Gasteiger partial charge in [0, 0.05) is 19.7 Å². The lowest BCUT2D eigenvalue weighted by molar-refractivity contribution is 0.192. The minimum absolute atomic E-state index is 0.808. The van der Waals surface area contributed by atoms with Crippen molar-refractivity contribution in [1.29, 1.82) is 0 Å². The predicted molar refractivity (Wildman–Crippen MR) is 53.7 cm³/mol. The Bertz CT molecular complexity index is 160. The summed E-state index contributed by atoms with van der Waals surface area (Å²) in [5, 5.41) is 3.63. The van der Waals surface area contributed by atoms with Crippen molar-refractivity contribution in [2.75, 3.05) is 20.3 Å². The van der Waals surface area contributed by atoms with Gasteiger partial charge in [-0.1, -0.05) is 12.8 Å². The fourth-order valence-electron chi connectivity index (χ4n) is 3.16. The molecule has 2 fully saturated rings. The molecule has 2 aliphatic carbocycles. The quantitative estimate of drug-likeness (QED) is 0.671. The molecule has 76 valence electrons. The fraction of sp³-hybridized carbons (Fsp3) is 1.00. The van der Waals surface area contributed by atoms with Gasteiger partial charge < -0.3 is 10.1 Å². The lowest BCUT2D eigenvalue weighted by Crippen LogP contribution is -2.34. The number of fused-ring (bicyclic) bond motifs is 1. The predicted octanol–water partition coefficient (Wildman–Crippen LogP) is 1.80. The van der Waals surface area contributed by atoms with Crippen LogP contribution in [0.25, 0.3) is 0 Å². The molecule has 0 bridgehead atoms. The van der Waals surface area contributed by atoms with Crippen molar-refractivity contribution in [2.45, 2.75) is 38.1 Å². The van der Waals surface area contributed by atoms with Gasteiger partial charge in [-0.2, -0.15) is 0 Å². The summed E-state index contributed by atoms with van der Waals surface area (Å²) in [4.78, 5) is 0. The zero-order valence-corrected chi connectivity index (χ0v) is 8.59. The summed E-state index contributed by atoms with van der Waals surface area (Å²) < 4.78 is 5.05. The van der Waals surface area contributed by atoms with E-state index < -0.39 is 0 Å². The first kappa shape index (κ1) is 9.47. The Hall–Kier alpha value is -0.0800. The molecule has 13 heavy (non-hydrogen) atoms. The van der Waals surface area contributed by atoms with Crippen LogP contribution in [0.1, 0.15) is 32.1 Å². The zero-order chi connectivity index (χ0) is 9.10. The van der Waals surface area contributed by atoms with Crippen LogP contribution in [0.15, 0.2) is 0 Å². The van der Waals surface area contributed by atoms with Crippen molar-refractivity contribution in [1.82, 2.24) is 5.32 Å². The SMILES string of the molecule is COCCNC1CCC2CCCC21. The molecule has 2 aliphatic rings. The number of hydrogen-bond acceptors (Lipinski definition) is 2. The third-order valence-electron chi connectivity index (χ3n) is 3.80. The molecule has 0 spiro atoms.